The number of hydrogen-bond acceptors (Lipinski definition) is 5. The van der Waals surface area contributed by atoms with Gasteiger partial charge >= 0.3 is 12.8 Å². The molecule has 1 N–H and O–H groups in total. The van der Waals surface area contributed by atoms with Crippen LogP contribution in [0.15, 0.2) is 34.1 Å². The Morgan fingerprint density at radius 1 is 1.28 bits per heavy atom. The molecule has 0 aliphatic heterocycles. The zero-order chi connectivity index (χ0) is 21.3. The number of rotatable bonds is 5. The highest BCUT2D eigenvalue weighted by Crippen LogP contribution is 2.36. The summed E-state index contributed by atoms with van der Waals surface area (Å²) in [6.07, 6.45) is -4.69. The number of alkyl halides is 5. The third kappa shape index (κ3) is 4.72. The van der Waals surface area contributed by atoms with E-state index in [1.165, 1.54) is 24.3 Å². The van der Waals surface area contributed by atoms with Crippen molar-refractivity contribution in [2.24, 2.45) is 7.05 Å². The summed E-state index contributed by atoms with van der Waals surface area (Å²) in [5, 5.41) is 7.72. The van der Waals surface area contributed by atoms with Crippen LogP contribution >= 0.6 is 27.3 Å². The highest BCUT2D eigenvalue weighted by atomic mass is 79.9. The number of carbonyl (C=O) groups excluding carboxylic acids is 1. The lowest BCUT2D eigenvalue weighted by molar-refractivity contribution is -0.144. The Labute approximate surface area is 172 Å². The summed E-state index contributed by atoms with van der Waals surface area (Å²) in [6, 6.07) is 5.68. The standard InChI is InChI=1S/C16H10BrF5N4O2S/c1-26-12(16(20,21)22)10(17)11(25-26)13(27)24-15-23-9(6-29-15)7-2-4-8(5-3-7)28-14(18)19/h2-6,14H,1H3,(H,23,24,27). The van der Waals surface area contributed by atoms with E-state index in [1.54, 1.807) is 5.38 Å². The zero-order valence-corrected chi connectivity index (χ0v) is 16.7. The Morgan fingerprint density at radius 3 is 2.48 bits per heavy atom. The highest BCUT2D eigenvalue weighted by Gasteiger charge is 2.39. The van der Waals surface area contributed by atoms with Crippen LogP contribution in [0.4, 0.5) is 27.1 Å². The van der Waals surface area contributed by atoms with Gasteiger partial charge in [0.05, 0.1) is 10.2 Å². The van der Waals surface area contributed by atoms with E-state index < -0.39 is 34.6 Å². The number of halogens is 6. The van der Waals surface area contributed by atoms with Gasteiger partial charge in [-0.25, -0.2) is 4.98 Å². The van der Waals surface area contributed by atoms with Crippen molar-refractivity contribution in [2.75, 3.05) is 5.32 Å². The molecule has 3 aromatic rings. The van der Waals surface area contributed by atoms with Crippen molar-refractivity contribution in [3.63, 3.8) is 0 Å². The van der Waals surface area contributed by atoms with Crippen molar-refractivity contribution >= 4 is 38.3 Å². The maximum Gasteiger partial charge on any atom is 0.434 e. The van der Waals surface area contributed by atoms with Crippen LogP contribution in [0, 0.1) is 0 Å². The van der Waals surface area contributed by atoms with Crippen molar-refractivity contribution in [2.45, 2.75) is 12.8 Å². The van der Waals surface area contributed by atoms with E-state index in [9.17, 15) is 26.7 Å². The number of thiazole rings is 1. The van der Waals surface area contributed by atoms with E-state index in [1.807, 2.05) is 0 Å². The number of aromatic nitrogens is 3. The number of ether oxygens (including phenoxy) is 1. The molecule has 0 atom stereocenters. The lowest BCUT2D eigenvalue weighted by Gasteiger charge is -2.06. The number of benzene rings is 1. The van der Waals surface area contributed by atoms with Crippen LogP contribution in [-0.2, 0) is 13.2 Å². The average molecular weight is 497 g/mol. The number of nitrogens with one attached hydrogen (secondary N) is 1. The van der Waals surface area contributed by atoms with Gasteiger partial charge in [-0.15, -0.1) is 11.3 Å². The number of nitrogens with zero attached hydrogens (tertiary/aromatic N) is 3. The third-order valence-electron chi connectivity index (χ3n) is 3.57. The summed E-state index contributed by atoms with van der Waals surface area (Å²) in [5.74, 6) is -0.891. The van der Waals surface area contributed by atoms with Gasteiger partial charge in [-0.3, -0.25) is 14.8 Å². The molecule has 29 heavy (non-hydrogen) atoms. The number of carbonyl (C=O) groups is 1. The van der Waals surface area contributed by atoms with Gasteiger partial charge in [0.15, 0.2) is 16.5 Å². The summed E-state index contributed by atoms with van der Waals surface area (Å²) in [7, 11) is 1.08. The maximum atomic E-state index is 13.0. The molecule has 0 aliphatic carbocycles. The first-order chi connectivity index (χ1) is 13.6. The fraction of sp³-hybridized carbons (Fsp3) is 0.188. The largest absolute Gasteiger partial charge is 0.435 e. The molecular weight excluding hydrogens is 487 g/mol. The van der Waals surface area contributed by atoms with Gasteiger partial charge in [-0.1, -0.05) is 0 Å². The molecule has 0 saturated heterocycles. The van der Waals surface area contributed by atoms with Crippen LogP contribution < -0.4 is 10.1 Å². The van der Waals surface area contributed by atoms with Gasteiger partial charge < -0.3 is 4.74 Å². The van der Waals surface area contributed by atoms with Gasteiger partial charge in [0.1, 0.15) is 5.75 Å². The monoisotopic (exact) mass is 496 g/mol. The Balaban J connectivity index is 1.76. The fourth-order valence-electron chi connectivity index (χ4n) is 2.38. The van der Waals surface area contributed by atoms with E-state index in [0.29, 0.717) is 15.9 Å². The predicted molar refractivity (Wildman–Crippen MR) is 98.0 cm³/mol. The average Bonchev–Trinajstić information content (AvgIpc) is 3.18. The highest BCUT2D eigenvalue weighted by molar-refractivity contribution is 9.10. The number of anilines is 1. The smallest absolute Gasteiger partial charge is 0.434 e. The van der Waals surface area contributed by atoms with E-state index in [-0.39, 0.29) is 10.9 Å². The van der Waals surface area contributed by atoms with E-state index >= 15 is 0 Å². The van der Waals surface area contributed by atoms with Crippen molar-refractivity contribution in [1.82, 2.24) is 14.8 Å². The summed E-state index contributed by atoms with van der Waals surface area (Å²) in [4.78, 5) is 16.5. The molecular formula is C16H10BrF5N4O2S. The summed E-state index contributed by atoms with van der Waals surface area (Å²) >= 11 is 3.81. The van der Waals surface area contributed by atoms with E-state index in [0.717, 1.165) is 18.4 Å². The molecule has 3 rings (SSSR count). The second-order valence-corrected chi connectivity index (χ2v) is 7.18. The minimum Gasteiger partial charge on any atom is -0.435 e. The normalized spacial score (nSPS) is 11.7. The number of amides is 1. The molecule has 1 aromatic carbocycles. The van der Waals surface area contributed by atoms with Gasteiger partial charge in [-0.2, -0.15) is 27.1 Å². The van der Waals surface area contributed by atoms with Gasteiger partial charge in [0, 0.05) is 18.0 Å². The molecule has 0 bridgehead atoms. The zero-order valence-electron chi connectivity index (χ0n) is 14.3. The lowest BCUT2D eigenvalue weighted by Crippen LogP contribution is -2.13. The van der Waals surface area contributed by atoms with Crippen molar-refractivity contribution in [3.05, 3.63) is 45.5 Å². The molecule has 1 amide bonds. The van der Waals surface area contributed by atoms with Crippen LogP contribution in [-0.4, -0.2) is 27.3 Å². The first-order valence-electron chi connectivity index (χ1n) is 7.68. The summed E-state index contributed by atoms with van der Waals surface area (Å²) < 4.78 is 67.8. The second-order valence-electron chi connectivity index (χ2n) is 5.53. The molecule has 6 nitrogen and oxygen atoms in total. The minimum atomic E-state index is -4.69. The Kier molecular flexibility index (Phi) is 5.89. The number of aryl methyl sites for hydroxylation is 1. The predicted octanol–water partition coefficient (Wildman–Crippen LogP) is 5.18. The molecule has 0 saturated carbocycles. The van der Waals surface area contributed by atoms with Crippen LogP contribution in [0.2, 0.25) is 0 Å². The quantitative estimate of drug-likeness (QED) is 0.494. The molecule has 2 heterocycles. The van der Waals surface area contributed by atoms with Crippen LogP contribution in [0.25, 0.3) is 11.3 Å². The van der Waals surface area contributed by atoms with Crippen molar-refractivity contribution in [1.29, 1.82) is 0 Å². The molecule has 2 aromatic heterocycles. The molecule has 154 valence electrons. The van der Waals surface area contributed by atoms with Crippen LogP contribution in [0.5, 0.6) is 5.75 Å². The Hall–Kier alpha value is -2.54. The molecule has 0 fully saturated rings. The fourth-order valence-corrected chi connectivity index (χ4v) is 3.83. The van der Waals surface area contributed by atoms with E-state index in [2.05, 4.69) is 36.1 Å². The SMILES string of the molecule is Cn1nc(C(=O)Nc2nc(-c3ccc(OC(F)F)cc3)cs2)c(Br)c1C(F)(F)F. The van der Waals surface area contributed by atoms with Crippen molar-refractivity contribution < 1.29 is 31.5 Å². The first-order valence-corrected chi connectivity index (χ1v) is 9.35. The van der Waals surface area contributed by atoms with Crippen LogP contribution in [0.3, 0.4) is 0 Å². The van der Waals surface area contributed by atoms with Crippen LogP contribution in [0.1, 0.15) is 16.2 Å². The summed E-state index contributed by atoms with van der Waals surface area (Å²) in [5.41, 5.74) is -0.523. The van der Waals surface area contributed by atoms with Crippen molar-refractivity contribution in [3.8, 4) is 17.0 Å². The topological polar surface area (TPSA) is 69.0 Å². The summed E-state index contributed by atoms with van der Waals surface area (Å²) in [6.45, 7) is -2.94. The second kappa shape index (κ2) is 8.06. The molecule has 0 radical (unpaired) electrons. The van der Waals surface area contributed by atoms with Gasteiger partial charge in [0.2, 0.25) is 0 Å². The number of hydrogen-bond donors (Lipinski definition) is 1. The lowest BCUT2D eigenvalue weighted by atomic mass is 10.2. The molecule has 0 unspecified atom stereocenters. The molecule has 0 aliphatic rings. The minimum absolute atomic E-state index is 0.0204. The van der Waals surface area contributed by atoms with E-state index in [4.69, 9.17) is 0 Å². The first kappa shape index (κ1) is 21.2. The Bertz CT molecular complexity index is 1030. The van der Waals surface area contributed by atoms with Gasteiger partial charge in [-0.05, 0) is 40.2 Å². The molecule has 13 heteroatoms. The third-order valence-corrected chi connectivity index (χ3v) is 5.08. The van der Waals surface area contributed by atoms with Gasteiger partial charge in [0.25, 0.3) is 5.91 Å². The molecule has 0 spiro atoms. The Morgan fingerprint density at radius 2 is 1.93 bits per heavy atom. The maximum absolute atomic E-state index is 13.0.